The van der Waals surface area contributed by atoms with Gasteiger partial charge in [0.2, 0.25) is 5.75 Å². The molecule has 3 aromatic rings. The lowest BCUT2D eigenvalue weighted by Crippen LogP contribution is -2.37. The summed E-state index contributed by atoms with van der Waals surface area (Å²) in [6, 6.07) is 10.0. The van der Waals surface area contributed by atoms with E-state index in [9.17, 15) is 14.0 Å². The molecular formula is C29H30FN3O5S. The molecule has 0 fully saturated rings. The SMILES string of the molecule is COc1cc([C@H]2C3=C(CC(C)(C)CC3=O)Nc3nc(SCc4ccccc4F)[nH]c(=O)c32)cc(OC)c1OC. The van der Waals surface area contributed by atoms with Crippen molar-refractivity contribution in [1.82, 2.24) is 9.97 Å². The zero-order valence-corrected chi connectivity index (χ0v) is 23.3. The van der Waals surface area contributed by atoms with E-state index in [-0.39, 0.29) is 22.6 Å². The van der Waals surface area contributed by atoms with E-state index in [1.807, 2.05) is 13.8 Å². The Morgan fingerprint density at radius 3 is 2.38 bits per heavy atom. The number of nitrogens with zero attached hydrogens (tertiary/aromatic N) is 1. The molecule has 2 aliphatic rings. The minimum atomic E-state index is -0.699. The van der Waals surface area contributed by atoms with Crippen LogP contribution in [0.1, 0.15) is 49.3 Å². The Balaban J connectivity index is 1.65. The summed E-state index contributed by atoms with van der Waals surface area (Å²) in [5, 5.41) is 3.66. The van der Waals surface area contributed by atoms with Crippen molar-refractivity contribution in [2.24, 2.45) is 5.41 Å². The Labute approximate surface area is 230 Å². The van der Waals surface area contributed by atoms with E-state index in [0.717, 1.165) is 5.70 Å². The van der Waals surface area contributed by atoms with Gasteiger partial charge in [0.1, 0.15) is 11.6 Å². The fraction of sp³-hybridized carbons (Fsp3) is 0.345. The molecule has 2 heterocycles. The van der Waals surface area contributed by atoms with Crippen LogP contribution in [0.3, 0.4) is 0 Å². The number of ketones is 1. The number of ether oxygens (including phenoxy) is 3. The quantitative estimate of drug-likeness (QED) is 0.296. The van der Waals surface area contributed by atoms with E-state index in [1.165, 1.54) is 39.2 Å². The number of Topliss-reactive ketones (excluding diaryl/α,β-unsaturated/α-hetero) is 1. The van der Waals surface area contributed by atoms with E-state index < -0.39 is 5.92 Å². The molecule has 8 nitrogen and oxygen atoms in total. The fourth-order valence-corrected chi connectivity index (χ4v) is 6.17. The van der Waals surface area contributed by atoms with Gasteiger partial charge in [0.15, 0.2) is 22.4 Å². The minimum absolute atomic E-state index is 0.0319. The van der Waals surface area contributed by atoms with Crippen LogP contribution >= 0.6 is 11.8 Å². The topological polar surface area (TPSA) is 103 Å². The van der Waals surface area contributed by atoms with Gasteiger partial charge in [-0.2, -0.15) is 0 Å². The van der Waals surface area contributed by atoms with Crippen LogP contribution in [0, 0.1) is 11.2 Å². The molecule has 0 spiro atoms. The second-order valence-corrected chi connectivity index (χ2v) is 11.3. The lowest BCUT2D eigenvalue weighted by molar-refractivity contribution is -0.118. The zero-order valence-electron chi connectivity index (χ0n) is 22.4. The van der Waals surface area contributed by atoms with Crippen molar-refractivity contribution < 1.29 is 23.4 Å². The van der Waals surface area contributed by atoms with Gasteiger partial charge in [0.05, 0.1) is 26.9 Å². The van der Waals surface area contributed by atoms with Gasteiger partial charge in [-0.1, -0.05) is 43.8 Å². The van der Waals surface area contributed by atoms with Crippen LogP contribution < -0.4 is 25.1 Å². The lowest BCUT2D eigenvalue weighted by atomic mass is 9.69. The van der Waals surface area contributed by atoms with E-state index in [4.69, 9.17) is 19.2 Å². The van der Waals surface area contributed by atoms with Crippen LogP contribution in [0.2, 0.25) is 0 Å². The summed E-state index contributed by atoms with van der Waals surface area (Å²) in [7, 11) is 4.55. The van der Waals surface area contributed by atoms with Crippen LogP contribution in [0.25, 0.3) is 0 Å². The Kier molecular flexibility index (Phi) is 7.15. The van der Waals surface area contributed by atoms with Crippen LogP contribution in [-0.2, 0) is 10.5 Å². The highest BCUT2D eigenvalue weighted by atomic mass is 32.2. The first-order valence-corrected chi connectivity index (χ1v) is 13.5. The summed E-state index contributed by atoms with van der Waals surface area (Å²) < 4.78 is 30.8. The molecule has 204 valence electrons. The van der Waals surface area contributed by atoms with E-state index in [2.05, 4.69) is 10.3 Å². The molecule has 10 heteroatoms. The molecule has 0 bridgehead atoms. The Hall–Kier alpha value is -3.79. The summed E-state index contributed by atoms with van der Waals surface area (Å²) >= 11 is 1.23. The molecule has 0 saturated carbocycles. The van der Waals surface area contributed by atoms with Gasteiger partial charge in [-0.25, -0.2) is 9.37 Å². The second-order valence-electron chi connectivity index (χ2n) is 10.4. The summed E-state index contributed by atoms with van der Waals surface area (Å²) in [6.07, 6.45) is 0.965. The first-order chi connectivity index (χ1) is 18.7. The largest absolute Gasteiger partial charge is 0.493 e. The van der Waals surface area contributed by atoms with Crippen molar-refractivity contribution in [2.75, 3.05) is 26.6 Å². The first-order valence-electron chi connectivity index (χ1n) is 12.5. The van der Waals surface area contributed by atoms with Gasteiger partial charge >= 0.3 is 0 Å². The number of benzene rings is 2. The number of anilines is 1. The summed E-state index contributed by atoms with van der Waals surface area (Å²) in [6.45, 7) is 4.09. The van der Waals surface area contributed by atoms with E-state index in [0.29, 0.717) is 69.1 Å². The number of halogens is 1. The molecule has 1 aromatic heterocycles. The molecule has 0 amide bonds. The first kappa shape index (κ1) is 26.8. The molecule has 0 saturated heterocycles. The molecule has 0 radical (unpaired) electrons. The number of H-pyrrole nitrogens is 1. The maximum atomic E-state index is 14.2. The number of hydrogen-bond acceptors (Lipinski definition) is 8. The lowest BCUT2D eigenvalue weighted by Gasteiger charge is -2.38. The van der Waals surface area contributed by atoms with Crippen LogP contribution in [0.4, 0.5) is 10.2 Å². The van der Waals surface area contributed by atoms with E-state index >= 15 is 0 Å². The van der Waals surface area contributed by atoms with Gasteiger partial charge in [0, 0.05) is 29.4 Å². The summed E-state index contributed by atoms with van der Waals surface area (Å²) in [5.74, 6) is 0.866. The number of methoxy groups -OCH3 is 3. The smallest absolute Gasteiger partial charge is 0.257 e. The number of allylic oxidation sites excluding steroid dienone is 2. The number of carbonyl (C=O) groups excluding carboxylic acids is 1. The highest BCUT2D eigenvalue weighted by Gasteiger charge is 2.43. The molecular weight excluding hydrogens is 521 g/mol. The van der Waals surface area contributed by atoms with Crippen molar-refractivity contribution in [2.45, 2.75) is 43.5 Å². The predicted octanol–water partition coefficient (Wildman–Crippen LogP) is 5.43. The summed E-state index contributed by atoms with van der Waals surface area (Å²) in [5.41, 5.74) is 2.12. The normalized spacial score (nSPS) is 17.7. The molecule has 0 unspecified atom stereocenters. The van der Waals surface area contributed by atoms with Gasteiger partial charge in [-0.3, -0.25) is 9.59 Å². The number of rotatable bonds is 7. The average molecular weight is 552 g/mol. The van der Waals surface area contributed by atoms with Crippen molar-refractivity contribution in [3.63, 3.8) is 0 Å². The van der Waals surface area contributed by atoms with Crippen molar-refractivity contribution in [3.05, 3.63) is 80.5 Å². The van der Waals surface area contributed by atoms with Gasteiger partial charge < -0.3 is 24.5 Å². The Bertz CT molecular complexity index is 1520. The molecule has 1 aliphatic carbocycles. The maximum absolute atomic E-state index is 14.2. The van der Waals surface area contributed by atoms with Gasteiger partial charge in [0.25, 0.3) is 5.56 Å². The molecule has 1 aliphatic heterocycles. The summed E-state index contributed by atoms with van der Waals surface area (Å²) in [4.78, 5) is 34.8. The number of thioether (sulfide) groups is 1. The maximum Gasteiger partial charge on any atom is 0.257 e. The third-order valence-corrected chi connectivity index (χ3v) is 7.96. The standard InChI is InChI=1S/C29H30FN3O5S/c1-29(2)12-18-23(19(34)13-29)22(16-10-20(36-3)25(38-5)21(11-16)37-4)24-26(31-18)32-28(33-27(24)35)39-14-15-8-6-7-9-17(15)30/h6-11,22H,12-14H2,1-5H3,(H2,31,32,33,35)/t22-/m0/s1. The molecule has 1 atom stereocenters. The highest BCUT2D eigenvalue weighted by molar-refractivity contribution is 7.98. The van der Waals surface area contributed by atoms with Crippen molar-refractivity contribution >= 4 is 23.4 Å². The van der Waals surface area contributed by atoms with Crippen molar-refractivity contribution in [1.29, 1.82) is 0 Å². The van der Waals surface area contributed by atoms with E-state index in [1.54, 1.807) is 30.3 Å². The fourth-order valence-electron chi connectivity index (χ4n) is 5.32. The molecule has 39 heavy (non-hydrogen) atoms. The molecule has 5 rings (SSSR count). The molecule has 2 N–H and O–H groups in total. The number of nitrogens with one attached hydrogen (secondary N) is 2. The number of hydrogen-bond donors (Lipinski definition) is 2. The number of carbonyl (C=O) groups is 1. The zero-order chi connectivity index (χ0) is 27.9. The average Bonchev–Trinajstić information content (AvgIpc) is 2.89. The Morgan fingerprint density at radius 2 is 1.74 bits per heavy atom. The van der Waals surface area contributed by atoms with Gasteiger partial charge in [-0.05, 0) is 41.2 Å². The number of aromatic amines is 1. The monoisotopic (exact) mass is 551 g/mol. The van der Waals surface area contributed by atoms with Crippen LogP contribution in [0.5, 0.6) is 17.2 Å². The number of fused-ring (bicyclic) bond motifs is 1. The number of aromatic nitrogens is 2. The third-order valence-electron chi connectivity index (χ3n) is 7.04. The van der Waals surface area contributed by atoms with Crippen molar-refractivity contribution in [3.8, 4) is 17.2 Å². The predicted molar refractivity (Wildman–Crippen MR) is 147 cm³/mol. The van der Waals surface area contributed by atoms with Gasteiger partial charge in [-0.15, -0.1) is 0 Å². The van der Waals surface area contributed by atoms with Crippen LogP contribution in [-0.4, -0.2) is 37.1 Å². The minimum Gasteiger partial charge on any atom is -0.493 e. The highest BCUT2D eigenvalue weighted by Crippen LogP contribution is 2.50. The second kappa shape index (κ2) is 10.4. The van der Waals surface area contributed by atoms with Crippen LogP contribution in [0.15, 0.2) is 57.6 Å². The molecule has 2 aromatic carbocycles. The third kappa shape index (κ3) is 5.01. The Morgan fingerprint density at radius 1 is 1.05 bits per heavy atom.